The van der Waals surface area contributed by atoms with Crippen molar-refractivity contribution in [2.75, 3.05) is 0 Å². The van der Waals surface area contributed by atoms with Gasteiger partial charge in [-0.2, -0.15) is 10.2 Å². The largest absolute Gasteiger partial charge is 0.323 e. The Morgan fingerprint density at radius 3 is 2.97 bits per heavy atom. The second-order valence-electron chi connectivity index (χ2n) is 7.09. The topological polar surface area (TPSA) is 94.3 Å². The summed E-state index contributed by atoms with van der Waals surface area (Å²) in [5.74, 6) is 0. The molecule has 0 fully saturated rings. The molecule has 30 heavy (non-hydrogen) atoms. The van der Waals surface area contributed by atoms with E-state index in [1.54, 1.807) is 29.9 Å². The van der Waals surface area contributed by atoms with Gasteiger partial charge in [-0.25, -0.2) is 14.0 Å². The summed E-state index contributed by atoms with van der Waals surface area (Å²) < 4.78 is 8.54. The Kier molecular flexibility index (Phi) is 3.83. The zero-order valence-electron chi connectivity index (χ0n) is 15.9. The van der Waals surface area contributed by atoms with E-state index in [1.807, 2.05) is 35.9 Å². The minimum absolute atomic E-state index is 0.121. The third-order valence-electron chi connectivity index (χ3n) is 5.28. The molecule has 0 saturated heterocycles. The molecule has 0 aliphatic carbocycles. The first kappa shape index (κ1) is 17.5. The van der Waals surface area contributed by atoms with Gasteiger partial charge in [0.05, 0.1) is 29.2 Å². The van der Waals surface area contributed by atoms with Crippen LogP contribution in [-0.4, -0.2) is 33.9 Å². The Bertz CT molecular complexity index is 1590. The first-order chi connectivity index (χ1) is 14.7. The van der Waals surface area contributed by atoms with E-state index in [0.29, 0.717) is 12.1 Å². The van der Waals surface area contributed by atoms with Gasteiger partial charge in [-0.15, -0.1) is 11.3 Å². The van der Waals surface area contributed by atoms with Gasteiger partial charge in [0.2, 0.25) is 0 Å². The van der Waals surface area contributed by atoms with E-state index in [2.05, 4.69) is 19.7 Å². The zero-order chi connectivity index (χ0) is 20.2. The van der Waals surface area contributed by atoms with E-state index >= 15 is 0 Å². The lowest BCUT2D eigenvalue weighted by Gasteiger charge is -2.07. The van der Waals surface area contributed by atoms with Crippen molar-refractivity contribution in [3.05, 3.63) is 68.7 Å². The number of hydrogen-bond donors (Lipinski definition) is 1. The van der Waals surface area contributed by atoms with E-state index < -0.39 is 0 Å². The molecule has 148 valence electrons. The summed E-state index contributed by atoms with van der Waals surface area (Å²) in [5, 5.41) is 14.4. The predicted molar refractivity (Wildman–Crippen MR) is 118 cm³/mol. The molecule has 0 atom stereocenters. The quantitative estimate of drug-likeness (QED) is 0.460. The fourth-order valence-corrected chi connectivity index (χ4v) is 5.63. The van der Waals surface area contributed by atoms with E-state index in [0.717, 1.165) is 43.6 Å². The van der Waals surface area contributed by atoms with Crippen LogP contribution in [0.1, 0.15) is 15.4 Å². The number of nitrogens with zero attached hydrogens (tertiary/aromatic N) is 6. The molecule has 0 saturated carbocycles. The fraction of sp³-hybridized carbons (Fsp3) is 0.150. The second-order valence-corrected chi connectivity index (χ2v) is 9.09. The van der Waals surface area contributed by atoms with Gasteiger partial charge >= 0.3 is 0 Å². The van der Waals surface area contributed by atoms with E-state index in [1.165, 1.54) is 21.1 Å². The van der Waals surface area contributed by atoms with Crippen LogP contribution in [0.25, 0.3) is 32.2 Å². The van der Waals surface area contributed by atoms with Crippen LogP contribution in [0, 0.1) is 0 Å². The minimum atomic E-state index is -0.121. The molecule has 0 spiro atoms. The average molecular weight is 434 g/mol. The van der Waals surface area contributed by atoms with E-state index in [4.69, 9.17) is 4.98 Å². The lowest BCUT2D eigenvalue weighted by atomic mass is 10.1. The highest BCUT2D eigenvalue weighted by atomic mass is 32.1. The predicted octanol–water partition coefficient (Wildman–Crippen LogP) is 3.32. The number of hydrogen-bond acceptors (Lipinski definition) is 7. The standard InChI is InChI=1S/C20H15N7OS2/c1-26-17-14(18-19(26)24-16(29-18)7-12-5-6-23-30-12)9-22-27(20(17)28)10-11-3-2-4-15-13(11)8-21-25-15/h2-6,8-9H,7,10H2,1H3,(H,21,25). The number of rotatable bonds is 4. The summed E-state index contributed by atoms with van der Waals surface area (Å²) in [6.45, 7) is 0.383. The van der Waals surface area contributed by atoms with Crippen LogP contribution in [-0.2, 0) is 20.0 Å². The van der Waals surface area contributed by atoms with Crippen molar-refractivity contribution < 1.29 is 0 Å². The Hall–Kier alpha value is -3.37. The highest BCUT2D eigenvalue weighted by molar-refractivity contribution is 7.19. The fourth-order valence-electron chi connectivity index (χ4n) is 3.83. The lowest BCUT2D eigenvalue weighted by Crippen LogP contribution is -2.24. The number of aryl methyl sites for hydroxylation is 1. The molecule has 0 bridgehead atoms. The van der Waals surface area contributed by atoms with Crippen molar-refractivity contribution in [1.82, 2.24) is 33.9 Å². The smallest absolute Gasteiger partial charge is 0.291 e. The SMILES string of the molecule is Cn1c2nc(Cc3ccns3)sc2c2cnn(Cc3cccc4[nH]ncc34)c(=O)c21. The summed E-state index contributed by atoms with van der Waals surface area (Å²) in [4.78, 5) is 19.2. The molecular weight excluding hydrogens is 418 g/mol. The van der Waals surface area contributed by atoms with Crippen LogP contribution in [0.4, 0.5) is 0 Å². The maximum atomic E-state index is 13.3. The number of thiazole rings is 1. The number of aromatic nitrogens is 7. The van der Waals surface area contributed by atoms with Crippen LogP contribution in [0.15, 0.2) is 47.7 Å². The number of aromatic amines is 1. The van der Waals surface area contributed by atoms with Gasteiger partial charge < -0.3 is 4.57 Å². The van der Waals surface area contributed by atoms with Crippen molar-refractivity contribution in [3.63, 3.8) is 0 Å². The number of nitrogens with one attached hydrogen (secondary N) is 1. The van der Waals surface area contributed by atoms with Crippen molar-refractivity contribution in [1.29, 1.82) is 0 Å². The van der Waals surface area contributed by atoms with Crippen LogP contribution < -0.4 is 5.56 Å². The molecule has 1 aromatic carbocycles. The lowest BCUT2D eigenvalue weighted by molar-refractivity contribution is 0.647. The number of fused-ring (bicyclic) bond motifs is 4. The Morgan fingerprint density at radius 1 is 1.17 bits per heavy atom. The zero-order valence-corrected chi connectivity index (χ0v) is 17.5. The molecule has 10 heteroatoms. The normalized spacial score (nSPS) is 11.9. The van der Waals surface area contributed by atoms with Crippen molar-refractivity contribution in [2.45, 2.75) is 13.0 Å². The molecule has 0 unspecified atom stereocenters. The third kappa shape index (κ3) is 2.61. The van der Waals surface area contributed by atoms with Crippen molar-refractivity contribution in [3.8, 4) is 0 Å². The average Bonchev–Trinajstić information content (AvgIpc) is 3.52. The Morgan fingerprint density at radius 2 is 2.10 bits per heavy atom. The highest BCUT2D eigenvalue weighted by Gasteiger charge is 2.19. The molecule has 0 aliphatic rings. The van der Waals surface area contributed by atoms with Crippen LogP contribution in [0.2, 0.25) is 0 Å². The summed E-state index contributed by atoms with van der Waals surface area (Å²) in [7, 11) is 1.89. The minimum Gasteiger partial charge on any atom is -0.323 e. The summed E-state index contributed by atoms with van der Waals surface area (Å²) in [6, 6.07) is 7.92. The van der Waals surface area contributed by atoms with Crippen LogP contribution in [0.5, 0.6) is 0 Å². The maximum absolute atomic E-state index is 13.3. The number of benzene rings is 1. The monoisotopic (exact) mass is 433 g/mol. The molecule has 6 rings (SSSR count). The van der Waals surface area contributed by atoms with Gasteiger partial charge in [0.1, 0.15) is 10.5 Å². The Labute approximate surface area is 177 Å². The maximum Gasteiger partial charge on any atom is 0.291 e. The molecule has 5 heterocycles. The Balaban J connectivity index is 1.45. The van der Waals surface area contributed by atoms with E-state index in [-0.39, 0.29) is 5.56 Å². The van der Waals surface area contributed by atoms with Gasteiger partial charge in [-0.1, -0.05) is 12.1 Å². The van der Waals surface area contributed by atoms with Gasteiger partial charge in [-0.3, -0.25) is 9.89 Å². The third-order valence-corrected chi connectivity index (χ3v) is 7.10. The molecule has 6 aromatic rings. The summed E-state index contributed by atoms with van der Waals surface area (Å²) >= 11 is 3.10. The van der Waals surface area contributed by atoms with Crippen molar-refractivity contribution in [2.24, 2.45) is 7.05 Å². The molecule has 8 nitrogen and oxygen atoms in total. The summed E-state index contributed by atoms with van der Waals surface area (Å²) in [6.07, 6.45) is 6.12. The van der Waals surface area contributed by atoms with Gasteiger partial charge in [0, 0.05) is 35.3 Å². The van der Waals surface area contributed by atoms with Gasteiger partial charge in [0.25, 0.3) is 5.56 Å². The number of H-pyrrole nitrogens is 1. The first-order valence-corrected chi connectivity index (χ1v) is 10.9. The second kappa shape index (κ2) is 6.57. The molecule has 0 aliphatic heterocycles. The van der Waals surface area contributed by atoms with Gasteiger partial charge in [-0.05, 0) is 29.2 Å². The molecule has 5 aromatic heterocycles. The first-order valence-electron chi connectivity index (χ1n) is 9.33. The van der Waals surface area contributed by atoms with Gasteiger partial charge in [0.15, 0.2) is 5.65 Å². The molecule has 0 amide bonds. The molecular formula is C20H15N7OS2. The van der Waals surface area contributed by atoms with Crippen LogP contribution >= 0.6 is 22.9 Å². The van der Waals surface area contributed by atoms with E-state index in [9.17, 15) is 4.79 Å². The molecule has 1 N–H and O–H groups in total. The van der Waals surface area contributed by atoms with Crippen LogP contribution in [0.3, 0.4) is 0 Å². The highest BCUT2D eigenvalue weighted by Crippen LogP contribution is 2.32. The van der Waals surface area contributed by atoms with Crippen molar-refractivity contribution >= 4 is 55.0 Å². The summed E-state index contributed by atoms with van der Waals surface area (Å²) in [5.41, 5.74) is 3.27. The molecule has 0 radical (unpaired) electrons.